The van der Waals surface area contributed by atoms with Crippen LogP contribution < -0.4 is 5.32 Å². The first kappa shape index (κ1) is 13.1. The van der Waals surface area contributed by atoms with Crippen molar-refractivity contribution in [3.8, 4) is 0 Å². The van der Waals surface area contributed by atoms with E-state index in [-0.39, 0.29) is 12.0 Å². The van der Waals surface area contributed by atoms with E-state index in [1.54, 1.807) is 0 Å². The highest BCUT2D eigenvalue weighted by Gasteiger charge is 2.16. The monoisotopic (exact) mass is 247 g/mol. The quantitative estimate of drug-likeness (QED) is 0.885. The van der Waals surface area contributed by atoms with Crippen LogP contribution in [0.25, 0.3) is 0 Å². The number of amides is 1. The Kier molecular flexibility index (Phi) is 4.37. The largest absolute Gasteiger partial charge is 0.376 e. The van der Waals surface area contributed by atoms with Crippen LogP contribution >= 0.6 is 0 Å². The molecule has 1 fully saturated rings. The van der Waals surface area contributed by atoms with Gasteiger partial charge in [0.1, 0.15) is 0 Å². The van der Waals surface area contributed by atoms with E-state index in [1.165, 1.54) is 11.1 Å². The lowest BCUT2D eigenvalue weighted by molar-refractivity contribution is -0.120. The van der Waals surface area contributed by atoms with Gasteiger partial charge in [0.25, 0.3) is 0 Å². The molecule has 0 bridgehead atoms. The predicted octanol–water partition coefficient (Wildman–Crippen LogP) is 2.14. The number of hydrogen-bond acceptors (Lipinski definition) is 2. The SMILES string of the molecule is Cc1ccc(C)c(CC(=O)NC[C@H]2CCCO2)c1. The zero-order chi connectivity index (χ0) is 13.0. The fourth-order valence-electron chi connectivity index (χ4n) is 2.26. The van der Waals surface area contributed by atoms with Gasteiger partial charge in [-0.1, -0.05) is 23.8 Å². The van der Waals surface area contributed by atoms with Crippen molar-refractivity contribution in [1.82, 2.24) is 5.32 Å². The van der Waals surface area contributed by atoms with Crippen LogP contribution in [0.2, 0.25) is 0 Å². The van der Waals surface area contributed by atoms with Crippen molar-refractivity contribution in [1.29, 1.82) is 0 Å². The minimum absolute atomic E-state index is 0.0826. The summed E-state index contributed by atoms with van der Waals surface area (Å²) >= 11 is 0. The molecule has 0 saturated carbocycles. The Balaban J connectivity index is 1.84. The third-order valence-electron chi connectivity index (χ3n) is 3.41. The van der Waals surface area contributed by atoms with Crippen molar-refractivity contribution < 1.29 is 9.53 Å². The van der Waals surface area contributed by atoms with Gasteiger partial charge in [-0.3, -0.25) is 4.79 Å². The molecule has 18 heavy (non-hydrogen) atoms. The summed E-state index contributed by atoms with van der Waals surface area (Å²) in [5, 5.41) is 2.96. The van der Waals surface area contributed by atoms with Gasteiger partial charge in [0.05, 0.1) is 12.5 Å². The third-order valence-corrected chi connectivity index (χ3v) is 3.41. The fourth-order valence-corrected chi connectivity index (χ4v) is 2.26. The topological polar surface area (TPSA) is 38.3 Å². The first-order valence-electron chi connectivity index (χ1n) is 6.59. The maximum atomic E-state index is 11.9. The van der Waals surface area contributed by atoms with E-state index in [1.807, 2.05) is 13.8 Å². The lowest BCUT2D eigenvalue weighted by Gasteiger charge is -2.12. The number of rotatable bonds is 4. The number of nitrogens with one attached hydrogen (secondary N) is 1. The van der Waals surface area contributed by atoms with Crippen LogP contribution in [-0.2, 0) is 16.0 Å². The molecule has 1 aromatic carbocycles. The third kappa shape index (κ3) is 3.57. The lowest BCUT2D eigenvalue weighted by Crippen LogP contribution is -2.32. The average molecular weight is 247 g/mol. The second-order valence-electron chi connectivity index (χ2n) is 5.05. The molecular weight excluding hydrogens is 226 g/mol. The highest BCUT2D eigenvalue weighted by molar-refractivity contribution is 5.79. The molecule has 2 rings (SSSR count). The van der Waals surface area contributed by atoms with Crippen LogP contribution in [0.4, 0.5) is 0 Å². The molecule has 0 radical (unpaired) electrons. The smallest absolute Gasteiger partial charge is 0.224 e. The minimum Gasteiger partial charge on any atom is -0.376 e. The Morgan fingerprint density at radius 2 is 2.28 bits per heavy atom. The summed E-state index contributed by atoms with van der Waals surface area (Å²) < 4.78 is 5.48. The summed E-state index contributed by atoms with van der Waals surface area (Å²) in [6.45, 7) is 5.57. The molecule has 98 valence electrons. The van der Waals surface area contributed by atoms with E-state index in [4.69, 9.17) is 4.74 Å². The first-order valence-corrected chi connectivity index (χ1v) is 6.59. The molecule has 3 heteroatoms. The van der Waals surface area contributed by atoms with Gasteiger partial charge in [-0.05, 0) is 37.8 Å². The van der Waals surface area contributed by atoms with E-state index in [0.29, 0.717) is 13.0 Å². The van der Waals surface area contributed by atoms with Crippen LogP contribution in [0.1, 0.15) is 29.5 Å². The molecule has 1 heterocycles. The molecule has 0 unspecified atom stereocenters. The number of benzene rings is 1. The Labute approximate surface area is 109 Å². The van der Waals surface area contributed by atoms with Gasteiger partial charge in [-0.2, -0.15) is 0 Å². The zero-order valence-corrected chi connectivity index (χ0v) is 11.2. The van der Waals surface area contributed by atoms with Gasteiger partial charge in [0, 0.05) is 13.2 Å². The molecule has 1 amide bonds. The van der Waals surface area contributed by atoms with Gasteiger partial charge in [0.15, 0.2) is 0 Å². The van der Waals surface area contributed by atoms with Gasteiger partial charge >= 0.3 is 0 Å². The maximum Gasteiger partial charge on any atom is 0.224 e. The van der Waals surface area contributed by atoms with E-state index in [9.17, 15) is 4.79 Å². The summed E-state index contributed by atoms with van der Waals surface area (Å²) in [4.78, 5) is 11.9. The average Bonchev–Trinajstić information content (AvgIpc) is 2.84. The van der Waals surface area contributed by atoms with Crippen molar-refractivity contribution in [2.24, 2.45) is 0 Å². The van der Waals surface area contributed by atoms with Crippen LogP contribution in [0, 0.1) is 13.8 Å². The van der Waals surface area contributed by atoms with Gasteiger partial charge in [-0.25, -0.2) is 0 Å². The van der Waals surface area contributed by atoms with Gasteiger partial charge < -0.3 is 10.1 Å². The molecule has 1 atom stereocenters. The molecular formula is C15H21NO2. The van der Waals surface area contributed by atoms with Crippen molar-refractivity contribution in [3.63, 3.8) is 0 Å². The number of hydrogen-bond donors (Lipinski definition) is 1. The summed E-state index contributed by atoms with van der Waals surface area (Å²) in [6, 6.07) is 6.22. The summed E-state index contributed by atoms with van der Waals surface area (Å²) in [6.07, 6.45) is 2.84. The molecule has 1 saturated heterocycles. The second kappa shape index (κ2) is 6.01. The molecule has 1 aliphatic rings. The van der Waals surface area contributed by atoms with E-state index in [0.717, 1.165) is 25.0 Å². The molecule has 0 aromatic heterocycles. The molecule has 1 N–H and O–H groups in total. The Bertz CT molecular complexity index is 423. The molecule has 0 spiro atoms. The summed E-state index contributed by atoms with van der Waals surface area (Å²) in [7, 11) is 0. The van der Waals surface area contributed by atoms with E-state index < -0.39 is 0 Å². The lowest BCUT2D eigenvalue weighted by atomic mass is 10.0. The van der Waals surface area contributed by atoms with Crippen molar-refractivity contribution in [3.05, 3.63) is 34.9 Å². The van der Waals surface area contributed by atoms with Crippen molar-refractivity contribution >= 4 is 5.91 Å². The van der Waals surface area contributed by atoms with Crippen molar-refractivity contribution in [2.45, 2.75) is 39.2 Å². The Morgan fingerprint density at radius 3 is 3.00 bits per heavy atom. The van der Waals surface area contributed by atoms with Crippen LogP contribution in [0.3, 0.4) is 0 Å². The van der Waals surface area contributed by atoms with Gasteiger partial charge in [0.2, 0.25) is 5.91 Å². The summed E-state index contributed by atoms with van der Waals surface area (Å²) in [5.41, 5.74) is 3.48. The standard InChI is InChI=1S/C15H21NO2/c1-11-5-6-12(2)13(8-11)9-15(17)16-10-14-4-3-7-18-14/h5-6,8,14H,3-4,7,9-10H2,1-2H3,(H,16,17)/t14-/m1/s1. The van der Waals surface area contributed by atoms with Crippen molar-refractivity contribution in [2.75, 3.05) is 13.2 Å². The zero-order valence-electron chi connectivity index (χ0n) is 11.2. The van der Waals surface area contributed by atoms with Crippen LogP contribution in [0.15, 0.2) is 18.2 Å². The highest BCUT2D eigenvalue weighted by Crippen LogP contribution is 2.12. The number of carbonyl (C=O) groups excluding carboxylic acids is 1. The van der Waals surface area contributed by atoms with E-state index >= 15 is 0 Å². The first-order chi connectivity index (χ1) is 8.65. The molecule has 3 nitrogen and oxygen atoms in total. The molecule has 0 aliphatic carbocycles. The highest BCUT2D eigenvalue weighted by atomic mass is 16.5. The predicted molar refractivity (Wildman–Crippen MR) is 71.6 cm³/mol. The van der Waals surface area contributed by atoms with E-state index in [2.05, 4.69) is 23.5 Å². The van der Waals surface area contributed by atoms with Crippen LogP contribution in [-0.4, -0.2) is 25.2 Å². The molecule has 1 aromatic rings. The Morgan fingerprint density at radius 1 is 1.44 bits per heavy atom. The maximum absolute atomic E-state index is 11.9. The van der Waals surface area contributed by atoms with Gasteiger partial charge in [-0.15, -0.1) is 0 Å². The minimum atomic E-state index is 0.0826. The number of ether oxygens (including phenoxy) is 1. The molecule has 1 aliphatic heterocycles. The summed E-state index contributed by atoms with van der Waals surface area (Å²) in [5.74, 6) is 0.0826. The second-order valence-corrected chi connectivity index (χ2v) is 5.05. The van der Waals surface area contributed by atoms with Crippen LogP contribution in [0.5, 0.6) is 0 Å². The Hall–Kier alpha value is -1.35. The fraction of sp³-hybridized carbons (Fsp3) is 0.533. The number of aryl methyl sites for hydroxylation is 2. The number of carbonyl (C=O) groups is 1. The normalized spacial score (nSPS) is 18.9.